The van der Waals surface area contributed by atoms with Gasteiger partial charge in [-0.2, -0.15) is 5.26 Å². The summed E-state index contributed by atoms with van der Waals surface area (Å²) in [6, 6.07) is 13.3. The summed E-state index contributed by atoms with van der Waals surface area (Å²) in [7, 11) is 0. The fourth-order valence-electron chi connectivity index (χ4n) is 2.33. The van der Waals surface area contributed by atoms with Gasteiger partial charge < -0.3 is 10.1 Å². The summed E-state index contributed by atoms with van der Waals surface area (Å²) in [6.07, 6.45) is 2.26. The number of amides is 1. The van der Waals surface area contributed by atoms with Crippen LogP contribution in [0.2, 0.25) is 0 Å². The molecule has 0 saturated heterocycles. The van der Waals surface area contributed by atoms with Crippen LogP contribution in [0.15, 0.2) is 48.0 Å². The van der Waals surface area contributed by atoms with Gasteiger partial charge in [0.2, 0.25) is 0 Å². The third kappa shape index (κ3) is 5.16. The molecule has 1 amide bonds. The van der Waals surface area contributed by atoms with Crippen LogP contribution >= 0.6 is 0 Å². The van der Waals surface area contributed by atoms with Crippen molar-refractivity contribution in [3.8, 4) is 11.8 Å². The molecule has 7 nitrogen and oxygen atoms in total. The lowest BCUT2D eigenvalue weighted by Crippen LogP contribution is -2.13. The summed E-state index contributed by atoms with van der Waals surface area (Å²) in [5, 5.41) is 22.9. The molecule has 0 bridgehead atoms. The molecule has 0 aromatic heterocycles. The van der Waals surface area contributed by atoms with Crippen molar-refractivity contribution in [3.63, 3.8) is 0 Å². The van der Waals surface area contributed by atoms with Crippen molar-refractivity contribution in [1.82, 2.24) is 0 Å². The van der Waals surface area contributed by atoms with E-state index in [4.69, 9.17) is 4.74 Å². The minimum Gasteiger partial charge on any atom is -0.493 e. The maximum absolute atomic E-state index is 12.4. The Bertz CT molecular complexity index is 929. The fourth-order valence-corrected chi connectivity index (χ4v) is 2.33. The molecule has 0 heterocycles. The molecular formula is C20H19N3O4. The summed E-state index contributed by atoms with van der Waals surface area (Å²) in [5.41, 5.74) is 1.09. The van der Waals surface area contributed by atoms with E-state index < -0.39 is 10.8 Å². The molecule has 0 aliphatic heterocycles. The summed E-state index contributed by atoms with van der Waals surface area (Å²) < 4.78 is 5.62. The lowest BCUT2D eigenvalue weighted by Gasteiger charge is -2.09. The Morgan fingerprint density at radius 3 is 2.74 bits per heavy atom. The second-order valence-electron chi connectivity index (χ2n) is 5.77. The van der Waals surface area contributed by atoms with Crippen LogP contribution in [0.3, 0.4) is 0 Å². The molecule has 0 spiro atoms. The Balaban J connectivity index is 2.27. The lowest BCUT2D eigenvalue weighted by molar-refractivity contribution is -0.385. The molecule has 0 aliphatic rings. The lowest BCUT2D eigenvalue weighted by atomic mass is 10.1. The Hall–Kier alpha value is -3.66. The molecule has 2 rings (SSSR count). The number of nitriles is 1. The van der Waals surface area contributed by atoms with Crippen LogP contribution in [0.1, 0.15) is 24.5 Å². The Morgan fingerprint density at radius 1 is 1.33 bits per heavy atom. The molecular weight excluding hydrogens is 346 g/mol. The first-order valence-electron chi connectivity index (χ1n) is 8.36. The average Bonchev–Trinajstić information content (AvgIpc) is 2.66. The third-order valence-corrected chi connectivity index (χ3v) is 3.71. The summed E-state index contributed by atoms with van der Waals surface area (Å²) in [5.74, 6) is -0.0770. The number of ether oxygens (including phenoxy) is 1. The molecule has 1 N–H and O–H groups in total. The molecule has 0 atom stereocenters. The van der Waals surface area contributed by atoms with Gasteiger partial charge in [-0.15, -0.1) is 0 Å². The van der Waals surface area contributed by atoms with Crippen LogP contribution in [0.5, 0.6) is 5.75 Å². The first kappa shape index (κ1) is 19.7. The number of hydrogen-bond acceptors (Lipinski definition) is 5. The van der Waals surface area contributed by atoms with E-state index in [0.717, 1.165) is 6.42 Å². The van der Waals surface area contributed by atoms with Crippen molar-refractivity contribution in [3.05, 3.63) is 69.3 Å². The number of nitrogens with zero attached hydrogens (tertiary/aromatic N) is 2. The minimum absolute atomic E-state index is 0.103. The van der Waals surface area contributed by atoms with E-state index in [0.29, 0.717) is 23.5 Å². The van der Waals surface area contributed by atoms with Gasteiger partial charge >= 0.3 is 0 Å². The van der Waals surface area contributed by atoms with Gasteiger partial charge in [0.25, 0.3) is 11.6 Å². The van der Waals surface area contributed by atoms with Crippen molar-refractivity contribution in [2.75, 3.05) is 11.9 Å². The van der Waals surface area contributed by atoms with Crippen molar-refractivity contribution in [1.29, 1.82) is 5.26 Å². The number of carbonyl (C=O) groups is 1. The van der Waals surface area contributed by atoms with Gasteiger partial charge in [-0.05, 0) is 31.6 Å². The number of carbonyl (C=O) groups excluding carboxylic acids is 1. The van der Waals surface area contributed by atoms with Crippen molar-refractivity contribution >= 4 is 23.4 Å². The summed E-state index contributed by atoms with van der Waals surface area (Å²) in [6.45, 7) is 4.11. The molecule has 27 heavy (non-hydrogen) atoms. The van der Waals surface area contributed by atoms with E-state index >= 15 is 0 Å². The first-order valence-corrected chi connectivity index (χ1v) is 8.36. The summed E-state index contributed by atoms with van der Waals surface area (Å²) in [4.78, 5) is 22.9. The first-order chi connectivity index (χ1) is 13.0. The number of nitro benzene ring substituents is 1. The van der Waals surface area contributed by atoms with Crippen molar-refractivity contribution in [2.45, 2.75) is 20.3 Å². The highest BCUT2D eigenvalue weighted by atomic mass is 16.6. The molecule has 0 aliphatic carbocycles. The van der Waals surface area contributed by atoms with Crippen LogP contribution < -0.4 is 10.1 Å². The number of aryl methyl sites for hydroxylation is 1. The molecule has 2 aromatic carbocycles. The Kier molecular flexibility index (Phi) is 6.67. The quantitative estimate of drug-likeness (QED) is 0.342. The molecule has 0 saturated carbocycles. The number of nitro groups is 1. The Labute approximate surface area is 157 Å². The monoisotopic (exact) mass is 365 g/mol. The number of para-hydroxylation sites is 1. The van der Waals surface area contributed by atoms with Crippen molar-refractivity contribution in [2.24, 2.45) is 0 Å². The highest BCUT2D eigenvalue weighted by molar-refractivity contribution is 6.10. The molecule has 138 valence electrons. The number of hydrogen-bond donors (Lipinski definition) is 1. The minimum atomic E-state index is -0.652. The van der Waals surface area contributed by atoms with E-state index in [1.807, 2.05) is 13.0 Å². The highest BCUT2D eigenvalue weighted by Crippen LogP contribution is 2.24. The molecule has 0 unspecified atom stereocenters. The van der Waals surface area contributed by atoms with E-state index in [1.54, 1.807) is 37.3 Å². The van der Waals surface area contributed by atoms with Gasteiger partial charge in [0.05, 0.1) is 11.5 Å². The number of nitrogens with one attached hydrogen (secondary N) is 1. The highest BCUT2D eigenvalue weighted by Gasteiger charge is 2.15. The van der Waals surface area contributed by atoms with Gasteiger partial charge in [-0.3, -0.25) is 14.9 Å². The van der Waals surface area contributed by atoms with Gasteiger partial charge in [0, 0.05) is 22.9 Å². The Morgan fingerprint density at radius 2 is 2.07 bits per heavy atom. The maximum Gasteiger partial charge on any atom is 0.274 e. The van der Waals surface area contributed by atoms with E-state index in [1.165, 1.54) is 18.2 Å². The normalized spacial score (nSPS) is 10.8. The number of rotatable bonds is 7. The third-order valence-electron chi connectivity index (χ3n) is 3.71. The van der Waals surface area contributed by atoms with Crippen LogP contribution in [-0.2, 0) is 4.79 Å². The van der Waals surface area contributed by atoms with E-state index in [2.05, 4.69) is 5.32 Å². The smallest absolute Gasteiger partial charge is 0.274 e. The molecule has 0 fully saturated rings. The van der Waals surface area contributed by atoms with Gasteiger partial charge in [-0.25, -0.2) is 0 Å². The zero-order valence-electron chi connectivity index (χ0n) is 15.1. The maximum atomic E-state index is 12.4. The second kappa shape index (κ2) is 9.15. The second-order valence-corrected chi connectivity index (χ2v) is 5.77. The van der Waals surface area contributed by atoms with Crippen LogP contribution in [0, 0.1) is 28.4 Å². The van der Waals surface area contributed by atoms with E-state index in [9.17, 15) is 20.2 Å². The number of benzene rings is 2. The van der Waals surface area contributed by atoms with Crippen molar-refractivity contribution < 1.29 is 14.5 Å². The van der Waals surface area contributed by atoms with Crippen LogP contribution in [0.25, 0.3) is 6.08 Å². The molecule has 0 radical (unpaired) electrons. The molecule has 7 heteroatoms. The van der Waals surface area contributed by atoms with Gasteiger partial charge in [0.15, 0.2) is 0 Å². The zero-order valence-corrected chi connectivity index (χ0v) is 15.1. The SMILES string of the molecule is CCCOc1ccccc1/C=C(\C#N)C(=O)Nc1ccc(C)c([N+](=O)[O-])c1. The largest absolute Gasteiger partial charge is 0.493 e. The molecule has 2 aromatic rings. The summed E-state index contributed by atoms with van der Waals surface area (Å²) >= 11 is 0. The van der Waals surface area contributed by atoms with Crippen LogP contribution in [-0.4, -0.2) is 17.4 Å². The standard InChI is InChI=1S/C20H19N3O4/c1-3-10-27-19-7-5-4-6-15(19)11-16(13-21)20(24)22-17-9-8-14(2)18(12-17)23(25)26/h4-9,11-12H,3,10H2,1-2H3,(H,22,24)/b16-11+. The number of anilines is 1. The van der Waals surface area contributed by atoms with Gasteiger partial charge in [-0.1, -0.05) is 31.2 Å². The fraction of sp³-hybridized carbons (Fsp3) is 0.200. The predicted octanol–water partition coefficient (Wildman–Crippen LogP) is 4.24. The average molecular weight is 365 g/mol. The van der Waals surface area contributed by atoms with Crippen LogP contribution in [0.4, 0.5) is 11.4 Å². The zero-order chi connectivity index (χ0) is 19.8. The van der Waals surface area contributed by atoms with E-state index in [-0.39, 0.29) is 16.9 Å². The predicted molar refractivity (Wildman–Crippen MR) is 102 cm³/mol. The topological polar surface area (TPSA) is 105 Å². The van der Waals surface area contributed by atoms with Gasteiger partial charge in [0.1, 0.15) is 17.4 Å².